The van der Waals surface area contributed by atoms with E-state index >= 15 is 0 Å². The van der Waals surface area contributed by atoms with Gasteiger partial charge in [0.15, 0.2) is 0 Å². The van der Waals surface area contributed by atoms with E-state index < -0.39 is 5.82 Å². The molecule has 28 heavy (non-hydrogen) atoms. The Balaban J connectivity index is 2.36. The predicted octanol–water partition coefficient (Wildman–Crippen LogP) is 1.72. The van der Waals surface area contributed by atoms with Gasteiger partial charge in [-0.15, -0.1) is 0 Å². The molecule has 3 aromatic heterocycles. The van der Waals surface area contributed by atoms with Gasteiger partial charge in [0, 0.05) is 47.4 Å². The topological polar surface area (TPSA) is 98.5 Å². The number of H-pyrrole nitrogens is 1. The molecule has 0 aromatic carbocycles. The SMILES string of the molecule is C=C/C=C\C(=C/N)C(=C)/C=c1\c(=C/N)[nH]c2ncc(F)c(-c3cnn(C)c3)c12. The van der Waals surface area contributed by atoms with E-state index in [1.807, 2.05) is 0 Å². The van der Waals surface area contributed by atoms with Crippen molar-refractivity contribution in [3.8, 4) is 11.1 Å². The maximum atomic E-state index is 14.8. The van der Waals surface area contributed by atoms with Crippen molar-refractivity contribution in [1.82, 2.24) is 19.7 Å². The highest BCUT2D eigenvalue weighted by atomic mass is 19.1. The Hall–Kier alpha value is -3.87. The minimum atomic E-state index is -0.454. The van der Waals surface area contributed by atoms with Crippen LogP contribution in [0.3, 0.4) is 0 Å². The van der Waals surface area contributed by atoms with Gasteiger partial charge in [-0.1, -0.05) is 31.4 Å². The monoisotopic (exact) mass is 376 g/mol. The molecule has 3 heterocycles. The molecule has 0 bridgehead atoms. The van der Waals surface area contributed by atoms with E-state index in [1.54, 1.807) is 48.4 Å². The van der Waals surface area contributed by atoms with Crippen molar-refractivity contribution in [1.29, 1.82) is 0 Å². The van der Waals surface area contributed by atoms with E-state index in [1.165, 1.54) is 18.6 Å². The predicted molar refractivity (Wildman–Crippen MR) is 111 cm³/mol. The van der Waals surface area contributed by atoms with E-state index in [0.717, 1.165) is 0 Å². The normalized spacial score (nSPS) is 13.7. The van der Waals surface area contributed by atoms with Crippen LogP contribution in [0.1, 0.15) is 0 Å². The van der Waals surface area contributed by atoms with Gasteiger partial charge in [-0.25, -0.2) is 9.37 Å². The Bertz CT molecular complexity index is 1240. The summed E-state index contributed by atoms with van der Waals surface area (Å²) in [6.07, 6.45) is 14.4. The minimum Gasteiger partial charge on any atom is -0.404 e. The number of nitrogens with zero attached hydrogens (tertiary/aromatic N) is 3. The Labute approximate surface area is 161 Å². The van der Waals surface area contributed by atoms with Crippen LogP contribution < -0.4 is 22.0 Å². The summed E-state index contributed by atoms with van der Waals surface area (Å²) < 4.78 is 16.4. The van der Waals surface area contributed by atoms with Crippen LogP contribution in [0, 0.1) is 5.82 Å². The summed E-state index contributed by atoms with van der Waals surface area (Å²) >= 11 is 0. The summed E-state index contributed by atoms with van der Waals surface area (Å²) in [6, 6.07) is 0. The highest BCUT2D eigenvalue weighted by molar-refractivity contribution is 5.94. The third kappa shape index (κ3) is 3.37. The molecule has 0 fully saturated rings. The Kier molecular flexibility index (Phi) is 5.26. The van der Waals surface area contributed by atoms with Crippen LogP contribution in [0.4, 0.5) is 4.39 Å². The van der Waals surface area contributed by atoms with Crippen molar-refractivity contribution in [2.75, 3.05) is 0 Å². The molecule has 0 saturated heterocycles. The van der Waals surface area contributed by atoms with Crippen molar-refractivity contribution < 1.29 is 4.39 Å². The molecule has 0 aliphatic heterocycles. The molecule has 0 saturated carbocycles. The zero-order valence-electron chi connectivity index (χ0n) is 15.5. The van der Waals surface area contributed by atoms with Crippen molar-refractivity contribution in [2.45, 2.75) is 0 Å². The zero-order valence-corrected chi connectivity index (χ0v) is 15.5. The molecular formula is C21H21FN6. The van der Waals surface area contributed by atoms with Gasteiger partial charge in [0.1, 0.15) is 11.5 Å². The summed E-state index contributed by atoms with van der Waals surface area (Å²) in [5, 5.41) is 6.01. The molecule has 5 N–H and O–H groups in total. The largest absolute Gasteiger partial charge is 0.404 e. The van der Waals surface area contributed by atoms with E-state index in [4.69, 9.17) is 11.5 Å². The number of pyridine rings is 1. The molecule has 0 aliphatic carbocycles. The van der Waals surface area contributed by atoms with E-state index in [0.29, 0.717) is 43.9 Å². The lowest BCUT2D eigenvalue weighted by Crippen LogP contribution is -2.25. The fourth-order valence-electron chi connectivity index (χ4n) is 2.99. The van der Waals surface area contributed by atoms with Crippen LogP contribution in [0.5, 0.6) is 0 Å². The second kappa shape index (κ2) is 7.79. The molecule has 0 amide bonds. The van der Waals surface area contributed by atoms with Crippen LogP contribution in [-0.2, 0) is 7.05 Å². The molecule has 7 heteroatoms. The molecular weight excluding hydrogens is 355 g/mol. The van der Waals surface area contributed by atoms with Crippen LogP contribution in [0.25, 0.3) is 34.4 Å². The highest BCUT2D eigenvalue weighted by Crippen LogP contribution is 2.27. The summed E-state index contributed by atoms with van der Waals surface area (Å²) in [5.41, 5.74) is 14.4. The average Bonchev–Trinajstić information content (AvgIpc) is 3.26. The van der Waals surface area contributed by atoms with Gasteiger partial charge in [0.25, 0.3) is 0 Å². The Morgan fingerprint density at radius 3 is 2.71 bits per heavy atom. The fourth-order valence-corrected chi connectivity index (χ4v) is 2.99. The van der Waals surface area contributed by atoms with Gasteiger partial charge >= 0.3 is 0 Å². The van der Waals surface area contributed by atoms with Crippen LogP contribution in [0.2, 0.25) is 0 Å². The maximum Gasteiger partial charge on any atom is 0.150 e. The van der Waals surface area contributed by atoms with E-state index in [2.05, 4.69) is 28.2 Å². The third-order valence-electron chi connectivity index (χ3n) is 4.29. The van der Waals surface area contributed by atoms with Gasteiger partial charge < -0.3 is 16.5 Å². The van der Waals surface area contributed by atoms with E-state index in [-0.39, 0.29) is 0 Å². The number of aromatic amines is 1. The molecule has 6 nitrogen and oxygen atoms in total. The lowest BCUT2D eigenvalue weighted by atomic mass is 10.0. The molecule has 3 rings (SSSR count). The number of aryl methyl sites for hydroxylation is 1. The van der Waals surface area contributed by atoms with Gasteiger partial charge in [-0.3, -0.25) is 4.68 Å². The summed E-state index contributed by atoms with van der Waals surface area (Å²) in [6.45, 7) is 7.72. The lowest BCUT2D eigenvalue weighted by Gasteiger charge is -2.03. The minimum absolute atomic E-state index is 0.390. The van der Waals surface area contributed by atoms with E-state index in [9.17, 15) is 4.39 Å². The second-order valence-corrected chi connectivity index (χ2v) is 6.11. The van der Waals surface area contributed by atoms with Crippen LogP contribution in [-0.4, -0.2) is 19.7 Å². The van der Waals surface area contributed by atoms with Crippen molar-refractivity contribution in [2.24, 2.45) is 18.5 Å². The quantitative estimate of drug-likeness (QED) is 0.591. The Morgan fingerprint density at radius 1 is 1.32 bits per heavy atom. The van der Waals surface area contributed by atoms with Crippen molar-refractivity contribution in [3.63, 3.8) is 0 Å². The number of nitrogens with one attached hydrogen (secondary N) is 1. The molecule has 0 atom stereocenters. The number of nitrogens with two attached hydrogens (primary N) is 2. The molecule has 0 spiro atoms. The number of rotatable bonds is 5. The van der Waals surface area contributed by atoms with Gasteiger partial charge in [0.2, 0.25) is 0 Å². The number of allylic oxidation sites excluding steroid dienone is 5. The molecule has 0 unspecified atom stereocenters. The fraction of sp³-hybridized carbons (Fsp3) is 0.0476. The first-order valence-corrected chi connectivity index (χ1v) is 8.49. The number of hydrogen-bond donors (Lipinski definition) is 3. The van der Waals surface area contributed by atoms with Gasteiger partial charge in [-0.05, 0) is 17.2 Å². The lowest BCUT2D eigenvalue weighted by molar-refractivity contribution is 0.627. The highest BCUT2D eigenvalue weighted by Gasteiger charge is 2.16. The second-order valence-electron chi connectivity index (χ2n) is 6.11. The van der Waals surface area contributed by atoms with Crippen molar-refractivity contribution in [3.05, 3.63) is 83.7 Å². The van der Waals surface area contributed by atoms with Crippen LogP contribution in [0.15, 0.2) is 67.3 Å². The smallest absolute Gasteiger partial charge is 0.150 e. The first kappa shape index (κ1) is 18.9. The first-order valence-electron chi connectivity index (χ1n) is 8.49. The molecule has 0 aliphatic rings. The average molecular weight is 376 g/mol. The van der Waals surface area contributed by atoms with Gasteiger partial charge in [-0.2, -0.15) is 5.10 Å². The molecule has 142 valence electrons. The van der Waals surface area contributed by atoms with Crippen molar-refractivity contribution >= 4 is 23.3 Å². The first-order chi connectivity index (χ1) is 13.5. The standard InChI is InChI=1S/C21H21FN6/c1-4-5-6-14(8-23)13(2)7-16-18(9-24)27-21-20(16)19(17(22)11-25-21)15-10-26-28(3)12-15/h4-12H,1-2,23-24H2,3H3,(H,25,27)/b6-5-,14-8+,16-7+,18-9+. The summed E-state index contributed by atoms with van der Waals surface area (Å²) in [7, 11) is 1.77. The third-order valence-corrected chi connectivity index (χ3v) is 4.29. The van der Waals surface area contributed by atoms with Gasteiger partial charge in [0.05, 0.1) is 17.7 Å². The summed E-state index contributed by atoms with van der Waals surface area (Å²) in [4.78, 5) is 7.30. The summed E-state index contributed by atoms with van der Waals surface area (Å²) in [5.74, 6) is -0.454. The number of fused-ring (bicyclic) bond motifs is 1. The number of aromatic nitrogens is 4. The zero-order chi connectivity index (χ0) is 20.3. The maximum absolute atomic E-state index is 14.8. The van der Waals surface area contributed by atoms with Crippen LogP contribution >= 0.6 is 0 Å². The number of halogens is 1. The Morgan fingerprint density at radius 2 is 2.11 bits per heavy atom. The number of hydrogen-bond acceptors (Lipinski definition) is 4. The molecule has 3 aromatic rings. The molecule has 0 radical (unpaired) electrons.